The molecular formula is C17H18N4O2. The molecule has 0 aliphatic heterocycles. The lowest BCUT2D eigenvalue weighted by molar-refractivity contribution is 0.0796. The summed E-state index contributed by atoms with van der Waals surface area (Å²) in [5, 5.41) is 7.07. The molecular weight excluding hydrogens is 292 g/mol. The highest BCUT2D eigenvalue weighted by atomic mass is 16.3. The largest absolute Gasteiger partial charge is 0.463 e. The van der Waals surface area contributed by atoms with Gasteiger partial charge in [0.15, 0.2) is 5.76 Å². The van der Waals surface area contributed by atoms with Crippen molar-refractivity contribution in [3.05, 3.63) is 59.7 Å². The summed E-state index contributed by atoms with van der Waals surface area (Å²) >= 11 is 0. The van der Waals surface area contributed by atoms with Crippen LogP contribution in [0.5, 0.6) is 0 Å². The summed E-state index contributed by atoms with van der Waals surface area (Å²) in [6.07, 6.45) is 5.86. The number of pyridine rings is 1. The first-order valence-electron chi connectivity index (χ1n) is 7.40. The highest BCUT2D eigenvalue weighted by Crippen LogP contribution is 2.25. The molecule has 0 atom stereocenters. The molecule has 6 nitrogen and oxygen atoms in total. The Bertz CT molecular complexity index is 778. The molecule has 3 aromatic rings. The molecule has 3 heterocycles. The molecule has 0 radical (unpaired) electrons. The second-order valence-corrected chi connectivity index (χ2v) is 5.38. The minimum absolute atomic E-state index is 0.0725. The summed E-state index contributed by atoms with van der Waals surface area (Å²) in [6, 6.07) is 7.48. The van der Waals surface area contributed by atoms with Crippen LogP contribution in [0.3, 0.4) is 0 Å². The van der Waals surface area contributed by atoms with Crippen LogP contribution in [0, 0.1) is 6.92 Å². The SMILES string of the molecule is Cc1[nH]nc(-c2ccco2)c1C(=O)N(C)CCc1ccncc1. The Morgan fingerprint density at radius 1 is 1.30 bits per heavy atom. The highest BCUT2D eigenvalue weighted by Gasteiger charge is 2.23. The number of amides is 1. The van der Waals surface area contributed by atoms with Crippen LogP contribution in [-0.4, -0.2) is 39.6 Å². The highest BCUT2D eigenvalue weighted by molar-refractivity contribution is 6.00. The summed E-state index contributed by atoms with van der Waals surface area (Å²) in [7, 11) is 1.79. The van der Waals surface area contributed by atoms with E-state index in [0.717, 1.165) is 17.7 Å². The maximum Gasteiger partial charge on any atom is 0.257 e. The standard InChI is InChI=1S/C17H18N4O2/c1-12-15(16(20-19-12)14-4-3-11-23-14)17(22)21(2)10-7-13-5-8-18-9-6-13/h3-6,8-9,11H,7,10H2,1-2H3,(H,19,20). The number of aromatic nitrogens is 3. The molecule has 0 aliphatic rings. The summed E-state index contributed by atoms with van der Waals surface area (Å²) in [5.41, 5.74) is 2.98. The molecule has 23 heavy (non-hydrogen) atoms. The first kappa shape index (κ1) is 15.0. The van der Waals surface area contributed by atoms with Crippen LogP contribution >= 0.6 is 0 Å². The van der Waals surface area contributed by atoms with Crippen molar-refractivity contribution < 1.29 is 9.21 Å². The van der Waals surface area contributed by atoms with Crippen LogP contribution in [0.15, 0.2) is 47.3 Å². The number of H-pyrrole nitrogens is 1. The maximum atomic E-state index is 12.8. The second kappa shape index (κ2) is 6.48. The first-order valence-corrected chi connectivity index (χ1v) is 7.40. The zero-order valence-corrected chi connectivity index (χ0v) is 13.1. The number of nitrogens with one attached hydrogen (secondary N) is 1. The van der Waals surface area contributed by atoms with Gasteiger partial charge in [-0.3, -0.25) is 14.9 Å². The predicted molar refractivity (Wildman–Crippen MR) is 85.9 cm³/mol. The Kier molecular flexibility index (Phi) is 4.23. The van der Waals surface area contributed by atoms with Crippen molar-refractivity contribution in [1.82, 2.24) is 20.1 Å². The Labute approximate surface area is 134 Å². The van der Waals surface area contributed by atoms with Crippen LogP contribution < -0.4 is 0 Å². The van der Waals surface area contributed by atoms with E-state index in [9.17, 15) is 4.79 Å². The molecule has 0 saturated carbocycles. The van der Waals surface area contributed by atoms with E-state index in [4.69, 9.17) is 4.42 Å². The number of nitrogens with zero attached hydrogens (tertiary/aromatic N) is 3. The number of likely N-dealkylation sites (N-methyl/N-ethyl adjacent to an activating group) is 1. The number of rotatable bonds is 5. The minimum atomic E-state index is -0.0725. The van der Waals surface area contributed by atoms with E-state index >= 15 is 0 Å². The fraction of sp³-hybridized carbons (Fsp3) is 0.235. The third-order valence-electron chi connectivity index (χ3n) is 3.75. The summed E-state index contributed by atoms with van der Waals surface area (Å²) in [5.74, 6) is 0.511. The van der Waals surface area contributed by atoms with Gasteiger partial charge in [0.05, 0.1) is 11.8 Å². The smallest absolute Gasteiger partial charge is 0.257 e. The molecule has 3 aromatic heterocycles. The lowest BCUT2D eigenvalue weighted by atomic mass is 10.1. The van der Waals surface area contributed by atoms with E-state index in [2.05, 4.69) is 15.2 Å². The molecule has 6 heteroatoms. The molecule has 0 aromatic carbocycles. The molecule has 0 fully saturated rings. The van der Waals surface area contributed by atoms with Gasteiger partial charge in [-0.2, -0.15) is 5.10 Å². The zero-order chi connectivity index (χ0) is 16.2. The Morgan fingerprint density at radius 3 is 2.78 bits per heavy atom. The maximum absolute atomic E-state index is 12.8. The van der Waals surface area contributed by atoms with Crippen LogP contribution in [-0.2, 0) is 6.42 Å². The van der Waals surface area contributed by atoms with E-state index in [0.29, 0.717) is 23.6 Å². The van der Waals surface area contributed by atoms with Crippen LogP contribution in [0.1, 0.15) is 21.6 Å². The van der Waals surface area contributed by atoms with Gasteiger partial charge in [-0.25, -0.2) is 0 Å². The Morgan fingerprint density at radius 2 is 2.09 bits per heavy atom. The summed E-state index contributed by atoms with van der Waals surface area (Å²) in [4.78, 5) is 18.5. The molecule has 1 N–H and O–H groups in total. The number of carbonyl (C=O) groups is 1. The van der Waals surface area contributed by atoms with Crippen molar-refractivity contribution in [2.45, 2.75) is 13.3 Å². The number of aromatic amines is 1. The van der Waals surface area contributed by atoms with E-state index in [1.807, 2.05) is 19.1 Å². The monoisotopic (exact) mass is 310 g/mol. The summed E-state index contributed by atoms with van der Waals surface area (Å²) < 4.78 is 5.37. The quantitative estimate of drug-likeness (QED) is 0.786. The average molecular weight is 310 g/mol. The Hall–Kier alpha value is -2.89. The van der Waals surface area contributed by atoms with Gasteiger partial charge < -0.3 is 9.32 Å². The Balaban J connectivity index is 1.76. The van der Waals surface area contributed by atoms with Crippen LogP contribution in [0.25, 0.3) is 11.5 Å². The lowest BCUT2D eigenvalue weighted by Gasteiger charge is -2.17. The fourth-order valence-corrected chi connectivity index (χ4v) is 2.42. The van der Waals surface area contributed by atoms with Crippen molar-refractivity contribution in [3.8, 4) is 11.5 Å². The fourth-order valence-electron chi connectivity index (χ4n) is 2.42. The number of aryl methyl sites for hydroxylation is 1. The van der Waals surface area contributed by atoms with Crippen LogP contribution in [0.4, 0.5) is 0 Å². The lowest BCUT2D eigenvalue weighted by Crippen LogP contribution is -2.29. The molecule has 1 amide bonds. The summed E-state index contributed by atoms with van der Waals surface area (Å²) in [6.45, 7) is 2.45. The molecule has 0 spiro atoms. The topological polar surface area (TPSA) is 75.0 Å². The van der Waals surface area contributed by atoms with Gasteiger partial charge in [0.1, 0.15) is 5.69 Å². The molecule has 0 bridgehead atoms. The molecule has 0 saturated heterocycles. The predicted octanol–water partition coefficient (Wildman–Crippen LogP) is 2.69. The van der Waals surface area contributed by atoms with Gasteiger partial charge >= 0.3 is 0 Å². The minimum Gasteiger partial charge on any atom is -0.463 e. The average Bonchev–Trinajstić information content (AvgIpc) is 3.22. The first-order chi connectivity index (χ1) is 11.2. The number of furan rings is 1. The zero-order valence-electron chi connectivity index (χ0n) is 13.1. The van der Waals surface area contributed by atoms with Gasteiger partial charge in [0, 0.05) is 31.7 Å². The molecule has 0 unspecified atom stereocenters. The van der Waals surface area contributed by atoms with Crippen LogP contribution in [0.2, 0.25) is 0 Å². The van der Waals surface area contributed by atoms with E-state index in [1.165, 1.54) is 0 Å². The molecule has 118 valence electrons. The van der Waals surface area contributed by atoms with Crippen molar-refractivity contribution >= 4 is 5.91 Å². The molecule has 3 rings (SSSR count). The normalized spacial score (nSPS) is 10.7. The van der Waals surface area contributed by atoms with Gasteiger partial charge in [0.25, 0.3) is 5.91 Å². The third-order valence-corrected chi connectivity index (χ3v) is 3.75. The van der Waals surface area contributed by atoms with Gasteiger partial charge in [-0.15, -0.1) is 0 Å². The van der Waals surface area contributed by atoms with Gasteiger partial charge in [-0.1, -0.05) is 0 Å². The van der Waals surface area contributed by atoms with Crippen molar-refractivity contribution in [1.29, 1.82) is 0 Å². The van der Waals surface area contributed by atoms with Crippen molar-refractivity contribution in [2.75, 3.05) is 13.6 Å². The number of carbonyl (C=O) groups excluding carboxylic acids is 1. The van der Waals surface area contributed by atoms with Gasteiger partial charge in [-0.05, 0) is 43.2 Å². The van der Waals surface area contributed by atoms with E-state index < -0.39 is 0 Å². The van der Waals surface area contributed by atoms with E-state index in [-0.39, 0.29) is 5.91 Å². The van der Waals surface area contributed by atoms with E-state index in [1.54, 1.807) is 42.7 Å². The van der Waals surface area contributed by atoms with Crippen molar-refractivity contribution in [3.63, 3.8) is 0 Å². The molecule has 0 aliphatic carbocycles. The number of hydrogen-bond acceptors (Lipinski definition) is 4. The second-order valence-electron chi connectivity index (χ2n) is 5.38. The number of hydrogen-bond donors (Lipinski definition) is 1. The van der Waals surface area contributed by atoms with Crippen molar-refractivity contribution in [2.24, 2.45) is 0 Å². The van der Waals surface area contributed by atoms with Gasteiger partial charge in [0.2, 0.25) is 0 Å². The third kappa shape index (κ3) is 3.15.